The van der Waals surface area contributed by atoms with Crippen molar-refractivity contribution in [2.24, 2.45) is 0 Å². The highest BCUT2D eigenvalue weighted by molar-refractivity contribution is 9.10. The largest absolute Gasteiger partial charge is 0.492 e. The highest BCUT2D eigenvalue weighted by Crippen LogP contribution is 2.41. The minimum Gasteiger partial charge on any atom is -0.492 e. The molecule has 2 aromatic carbocycles. The van der Waals surface area contributed by atoms with Crippen LogP contribution in [0.4, 0.5) is 0 Å². The van der Waals surface area contributed by atoms with E-state index in [-0.39, 0.29) is 11.5 Å². The molecule has 0 aliphatic heterocycles. The van der Waals surface area contributed by atoms with Gasteiger partial charge in [0.25, 0.3) is 0 Å². The van der Waals surface area contributed by atoms with Crippen LogP contribution in [0.3, 0.4) is 0 Å². The van der Waals surface area contributed by atoms with Crippen LogP contribution in [0.2, 0.25) is 0 Å². The summed E-state index contributed by atoms with van der Waals surface area (Å²) in [5, 5.41) is 12.3. The van der Waals surface area contributed by atoms with E-state index >= 15 is 0 Å². The molecule has 3 aromatic rings. The number of hydrogen-bond donors (Lipinski definition) is 1. The smallest absolute Gasteiger partial charge is 0.214 e. The third kappa shape index (κ3) is 3.53. The van der Waals surface area contributed by atoms with Crippen molar-refractivity contribution in [3.05, 3.63) is 68.3 Å². The minimum absolute atomic E-state index is 0.216. The van der Waals surface area contributed by atoms with Gasteiger partial charge in [-0.3, -0.25) is 10.1 Å². The van der Waals surface area contributed by atoms with Gasteiger partial charge in [-0.15, -0.1) is 0 Å². The molecular weight excluding hydrogens is 400 g/mol. The molecule has 136 valence electrons. The van der Waals surface area contributed by atoms with Gasteiger partial charge in [-0.25, -0.2) is 0 Å². The fraction of sp³-hybridized carbons (Fsp3) is 0.263. The lowest BCUT2D eigenvalue weighted by atomic mass is 9.90. The van der Waals surface area contributed by atoms with Crippen molar-refractivity contribution in [2.75, 3.05) is 20.3 Å². The van der Waals surface area contributed by atoms with Gasteiger partial charge in [0.05, 0.1) is 24.1 Å². The number of nitro groups is 1. The molecule has 0 radical (unpaired) electrons. The van der Waals surface area contributed by atoms with Gasteiger partial charge in [-0.05, 0) is 52.2 Å². The molecule has 7 heteroatoms. The molecule has 0 unspecified atom stereocenters. The summed E-state index contributed by atoms with van der Waals surface area (Å²) in [7, 11) is 1.57. The van der Waals surface area contributed by atoms with Gasteiger partial charge >= 0.3 is 0 Å². The second-order valence-electron chi connectivity index (χ2n) is 5.82. The Balaban J connectivity index is 2.16. The zero-order valence-electron chi connectivity index (χ0n) is 14.5. The lowest BCUT2D eigenvalue weighted by Gasteiger charge is -2.17. The van der Waals surface area contributed by atoms with E-state index in [1.807, 2.05) is 49.5 Å². The Bertz CT molecular complexity index is 938. The van der Waals surface area contributed by atoms with Crippen LogP contribution in [0.25, 0.3) is 10.9 Å². The molecule has 1 heterocycles. The molecule has 6 nitrogen and oxygen atoms in total. The summed E-state index contributed by atoms with van der Waals surface area (Å²) < 4.78 is 11.8. The van der Waals surface area contributed by atoms with Crippen LogP contribution in [0.5, 0.6) is 11.5 Å². The fourth-order valence-corrected chi connectivity index (χ4v) is 3.79. The third-order valence-electron chi connectivity index (χ3n) is 4.27. The Morgan fingerprint density at radius 3 is 2.77 bits per heavy atom. The predicted octanol–water partition coefficient (Wildman–Crippen LogP) is 4.75. The van der Waals surface area contributed by atoms with Crippen molar-refractivity contribution < 1.29 is 14.4 Å². The van der Waals surface area contributed by atoms with Gasteiger partial charge in [0.15, 0.2) is 11.5 Å². The molecule has 0 fully saturated rings. The zero-order valence-corrected chi connectivity index (χ0v) is 16.1. The number of H-pyrrole nitrogens is 1. The molecule has 26 heavy (non-hydrogen) atoms. The molecule has 0 bridgehead atoms. The van der Waals surface area contributed by atoms with Crippen LogP contribution in [0, 0.1) is 10.1 Å². The molecule has 1 atom stereocenters. The summed E-state index contributed by atoms with van der Waals surface area (Å²) in [6.45, 7) is 2.14. The molecule has 3 rings (SSSR count). The first-order valence-corrected chi connectivity index (χ1v) is 9.02. The van der Waals surface area contributed by atoms with Crippen molar-refractivity contribution in [3.63, 3.8) is 0 Å². The van der Waals surface area contributed by atoms with E-state index in [1.54, 1.807) is 7.11 Å². The minimum atomic E-state index is -0.414. The van der Waals surface area contributed by atoms with Crippen LogP contribution in [-0.4, -0.2) is 30.2 Å². The van der Waals surface area contributed by atoms with Crippen molar-refractivity contribution in [1.29, 1.82) is 0 Å². The number of para-hydroxylation sites is 1. The van der Waals surface area contributed by atoms with Gasteiger partial charge in [-0.1, -0.05) is 18.2 Å². The highest BCUT2D eigenvalue weighted by Gasteiger charge is 2.25. The van der Waals surface area contributed by atoms with Crippen molar-refractivity contribution >= 4 is 26.8 Å². The summed E-state index contributed by atoms with van der Waals surface area (Å²) in [5.41, 5.74) is 2.63. The number of halogens is 1. The molecule has 1 N–H and O–H groups in total. The number of aromatic nitrogens is 1. The first kappa shape index (κ1) is 18.3. The van der Waals surface area contributed by atoms with Crippen LogP contribution in [-0.2, 0) is 0 Å². The number of nitrogens with one attached hydrogen (secondary N) is 1. The third-order valence-corrected chi connectivity index (χ3v) is 4.86. The number of ether oxygens (including phenoxy) is 2. The second kappa shape index (κ2) is 7.78. The van der Waals surface area contributed by atoms with Crippen molar-refractivity contribution in [2.45, 2.75) is 12.8 Å². The summed E-state index contributed by atoms with van der Waals surface area (Å²) in [5.74, 6) is 0.726. The summed E-state index contributed by atoms with van der Waals surface area (Å²) in [6.07, 6.45) is 1.84. The summed E-state index contributed by atoms with van der Waals surface area (Å²) in [4.78, 5) is 14.3. The fourth-order valence-electron chi connectivity index (χ4n) is 3.16. The summed E-state index contributed by atoms with van der Waals surface area (Å²) in [6, 6.07) is 11.5. The van der Waals surface area contributed by atoms with E-state index in [9.17, 15) is 10.1 Å². The maximum atomic E-state index is 11.4. The van der Waals surface area contributed by atoms with E-state index in [0.717, 1.165) is 22.0 Å². The molecule has 0 aliphatic rings. The van der Waals surface area contributed by atoms with E-state index < -0.39 is 5.92 Å². The maximum absolute atomic E-state index is 11.4. The number of hydrogen-bond acceptors (Lipinski definition) is 4. The Kier molecular flexibility index (Phi) is 5.46. The first-order chi connectivity index (χ1) is 12.5. The molecule has 0 aliphatic carbocycles. The second-order valence-corrected chi connectivity index (χ2v) is 6.68. The quantitative estimate of drug-likeness (QED) is 0.443. The number of aromatic amines is 1. The molecule has 0 amide bonds. The zero-order chi connectivity index (χ0) is 18.7. The monoisotopic (exact) mass is 418 g/mol. The number of methoxy groups -OCH3 is 1. The molecule has 1 aromatic heterocycles. The van der Waals surface area contributed by atoms with Gasteiger partial charge in [-0.2, -0.15) is 0 Å². The first-order valence-electron chi connectivity index (χ1n) is 8.23. The number of fused-ring (bicyclic) bond motifs is 1. The molecule has 0 saturated heterocycles. The van der Waals surface area contributed by atoms with E-state index in [0.29, 0.717) is 22.6 Å². The van der Waals surface area contributed by atoms with Gasteiger partial charge in [0.2, 0.25) is 6.54 Å². The SMILES string of the molecule is CCOc1cc([C@H](C[N+](=O)[O-])c2c[nH]c3ccccc23)cc(Br)c1OC. The van der Waals surface area contributed by atoms with Gasteiger partial charge in [0, 0.05) is 22.0 Å². The lowest BCUT2D eigenvalue weighted by Crippen LogP contribution is -2.14. The predicted molar refractivity (Wildman–Crippen MR) is 104 cm³/mol. The molecule has 0 spiro atoms. The van der Waals surface area contributed by atoms with Crippen molar-refractivity contribution in [3.8, 4) is 11.5 Å². The topological polar surface area (TPSA) is 77.4 Å². The van der Waals surface area contributed by atoms with Crippen LogP contribution < -0.4 is 9.47 Å². The Morgan fingerprint density at radius 1 is 1.31 bits per heavy atom. The average molecular weight is 419 g/mol. The van der Waals surface area contributed by atoms with Crippen LogP contribution >= 0.6 is 15.9 Å². The van der Waals surface area contributed by atoms with Crippen molar-refractivity contribution in [1.82, 2.24) is 4.98 Å². The van der Waals surface area contributed by atoms with Crippen LogP contribution in [0.15, 0.2) is 47.1 Å². The highest BCUT2D eigenvalue weighted by atomic mass is 79.9. The normalized spacial score (nSPS) is 12.1. The average Bonchev–Trinajstić information content (AvgIpc) is 3.03. The molecule has 0 saturated carbocycles. The van der Waals surface area contributed by atoms with E-state index in [2.05, 4.69) is 20.9 Å². The number of benzene rings is 2. The number of rotatable bonds is 7. The summed E-state index contributed by atoms with van der Waals surface area (Å²) >= 11 is 3.49. The Labute approximate surface area is 159 Å². The maximum Gasteiger partial charge on any atom is 0.214 e. The van der Waals surface area contributed by atoms with Gasteiger partial charge in [0.1, 0.15) is 0 Å². The standard InChI is InChI=1S/C19H19BrN2O4/c1-3-26-18-9-12(8-16(20)19(18)25-2)15(11-22(23)24)14-10-21-17-7-5-4-6-13(14)17/h4-10,15,21H,3,11H2,1-2H3/t15-/m0/s1. The van der Waals surface area contributed by atoms with E-state index in [4.69, 9.17) is 9.47 Å². The van der Waals surface area contributed by atoms with Crippen LogP contribution in [0.1, 0.15) is 24.0 Å². The van der Waals surface area contributed by atoms with E-state index in [1.165, 1.54) is 0 Å². The molecular formula is C19H19BrN2O4. The number of nitrogens with zero attached hydrogens (tertiary/aromatic N) is 1. The van der Waals surface area contributed by atoms with Gasteiger partial charge < -0.3 is 14.5 Å². The Morgan fingerprint density at radius 2 is 2.08 bits per heavy atom. The lowest BCUT2D eigenvalue weighted by molar-refractivity contribution is -0.481. The Hall–Kier alpha value is -2.54.